The second-order valence-electron chi connectivity index (χ2n) is 6.85. The van der Waals surface area contributed by atoms with Crippen molar-refractivity contribution in [3.05, 3.63) is 66.3 Å². The van der Waals surface area contributed by atoms with E-state index >= 15 is 0 Å². The van der Waals surface area contributed by atoms with Crippen LogP contribution in [0.5, 0.6) is 0 Å². The Hall–Kier alpha value is -3.81. The van der Waals surface area contributed by atoms with Crippen molar-refractivity contribution in [2.24, 2.45) is 4.99 Å². The van der Waals surface area contributed by atoms with Crippen molar-refractivity contribution >= 4 is 34.8 Å². The third-order valence-corrected chi connectivity index (χ3v) is 4.99. The number of hydrogen-bond donors (Lipinski definition) is 1. The number of nitrogens with zero attached hydrogens (tertiary/aromatic N) is 6. The number of amides is 1. The minimum Gasteiger partial charge on any atom is -0.337 e. The Labute approximate surface area is 167 Å². The van der Waals surface area contributed by atoms with Crippen LogP contribution in [0.15, 0.2) is 60.0 Å². The summed E-state index contributed by atoms with van der Waals surface area (Å²) in [6.07, 6.45) is 12.2. The highest BCUT2D eigenvalue weighted by atomic mass is 16.2. The maximum absolute atomic E-state index is 12.6. The highest BCUT2D eigenvalue weighted by molar-refractivity contribution is 6.11. The lowest BCUT2D eigenvalue weighted by Gasteiger charge is -2.23. The highest BCUT2D eigenvalue weighted by Gasteiger charge is 2.17. The maximum atomic E-state index is 12.6. The van der Waals surface area contributed by atoms with Crippen molar-refractivity contribution < 1.29 is 4.79 Å². The number of aliphatic imine (C=N–C) groups is 1. The quantitative estimate of drug-likeness (QED) is 0.698. The third kappa shape index (κ3) is 3.29. The van der Waals surface area contributed by atoms with Gasteiger partial charge in [-0.2, -0.15) is 5.10 Å². The van der Waals surface area contributed by atoms with Crippen LogP contribution < -0.4 is 5.32 Å². The molecule has 0 atom stereocenters. The minimum atomic E-state index is 0.0507. The molecule has 1 aromatic carbocycles. The number of aromatic nitrogens is 4. The van der Waals surface area contributed by atoms with Gasteiger partial charge in [0.15, 0.2) is 11.5 Å². The molecule has 0 spiro atoms. The van der Waals surface area contributed by atoms with Crippen LogP contribution in [0.2, 0.25) is 0 Å². The SMILES string of the molecule is O=C(c1ccc(Nc2ncc(C3=CCN=C3)n3ncnc23)cc1)N1CC=CCC1. The molecular weight excluding hydrogens is 366 g/mol. The van der Waals surface area contributed by atoms with Crippen molar-refractivity contribution in [3.8, 4) is 0 Å². The molecule has 1 N–H and O–H groups in total. The number of carbonyl (C=O) groups excluding carboxylic acids is 1. The van der Waals surface area contributed by atoms with E-state index < -0.39 is 0 Å². The molecule has 0 saturated heterocycles. The van der Waals surface area contributed by atoms with E-state index in [2.05, 4.69) is 31.5 Å². The molecule has 144 valence electrons. The van der Waals surface area contributed by atoms with E-state index in [0.29, 0.717) is 30.1 Å². The molecule has 3 aromatic rings. The first-order valence-electron chi connectivity index (χ1n) is 9.50. The molecule has 8 heteroatoms. The zero-order chi connectivity index (χ0) is 19.6. The van der Waals surface area contributed by atoms with Gasteiger partial charge >= 0.3 is 0 Å². The molecular formula is C21H19N7O. The van der Waals surface area contributed by atoms with Gasteiger partial charge in [0.05, 0.1) is 18.4 Å². The van der Waals surface area contributed by atoms with Crippen LogP contribution in [0.1, 0.15) is 22.5 Å². The van der Waals surface area contributed by atoms with E-state index in [-0.39, 0.29) is 5.91 Å². The summed E-state index contributed by atoms with van der Waals surface area (Å²) in [4.78, 5) is 27.5. The summed E-state index contributed by atoms with van der Waals surface area (Å²) < 4.78 is 1.75. The van der Waals surface area contributed by atoms with Gasteiger partial charge in [0.25, 0.3) is 5.91 Å². The number of fused-ring (bicyclic) bond motifs is 1. The van der Waals surface area contributed by atoms with Crippen molar-refractivity contribution in [3.63, 3.8) is 0 Å². The lowest BCUT2D eigenvalue weighted by Crippen LogP contribution is -2.33. The molecule has 2 aliphatic heterocycles. The summed E-state index contributed by atoms with van der Waals surface area (Å²) in [5.41, 5.74) is 3.96. The van der Waals surface area contributed by atoms with Crippen LogP contribution >= 0.6 is 0 Å². The molecule has 0 saturated carbocycles. The molecule has 4 heterocycles. The summed E-state index contributed by atoms with van der Waals surface area (Å²) in [5.74, 6) is 0.650. The summed E-state index contributed by atoms with van der Waals surface area (Å²) >= 11 is 0. The predicted octanol–water partition coefficient (Wildman–Crippen LogP) is 2.74. The van der Waals surface area contributed by atoms with Gasteiger partial charge in [0, 0.05) is 36.1 Å². The fraction of sp³-hybridized carbons (Fsp3) is 0.190. The molecule has 0 unspecified atom stereocenters. The Morgan fingerprint density at radius 1 is 1.10 bits per heavy atom. The Morgan fingerprint density at radius 3 is 2.76 bits per heavy atom. The Balaban J connectivity index is 1.38. The number of benzene rings is 1. The highest BCUT2D eigenvalue weighted by Crippen LogP contribution is 2.23. The molecule has 0 fully saturated rings. The largest absolute Gasteiger partial charge is 0.337 e. The van der Waals surface area contributed by atoms with E-state index in [1.807, 2.05) is 47.5 Å². The Bertz CT molecular complexity index is 1160. The first-order chi connectivity index (χ1) is 14.3. The lowest BCUT2D eigenvalue weighted by atomic mass is 10.1. The molecule has 29 heavy (non-hydrogen) atoms. The minimum absolute atomic E-state index is 0.0507. The van der Waals surface area contributed by atoms with Crippen molar-refractivity contribution in [1.29, 1.82) is 0 Å². The molecule has 1 amide bonds. The second-order valence-corrected chi connectivity index (χ2v) is 6.85. The topological polar surface area (TPSA) is 87.8 Å². The number of nitrogens with one attached hydrogen (secondary N) is 1. The van der Waals surface area contributed by atoms with Crippen LogP contribution in [0, 0.1) is 0 Å². The predicted molar refractivity (Wildman–Crippen MR) is 112 cm³/mol. The number of anilines is 2. The zero-order valence-corrected chi connectivity index (χ0v) is 15.7. The fourth-order valence-corrected chi connectivity index (χ4v) is 3.47. The first-order valence-corrected chi connectivity index (χ1v) is 9.50. The van der Waals surface area contributed by atoms with Crippen LogP contribution in [-0.4, -0.2) is 56.2 Å². The molecule has 0 aliphatic carbocycles. The Kier molecular flexibility index (Phi) is 4.36. The molecule has 0 radical (unpaired) electrons. The lowest BCUT2D eigenvalue weighted by molar-refractivity contribution is 0.0771. The number of hydrogen-bond acceptors (Lipinski definition) is 6. The fourth-order valence-electron chi connectivity index (χ4n) is 3.47. The van der Waals surface area contributed by atoms with Crippen LogP contribution in [0.25, 0.3) is 11.2 Å². The van der Waals surface area contributed by atoms with Gasteiger partial charge in [-0.1, -0.05) is 18.2 Å². The van der Waals surface area contributed by atoms with Crippen LogP contribution in [-0.2, 0) is 0 Å². The van der Waals surface area contributed by atoms with Gasteiger partial charge in [-0.25, -0.2) is 14.5 Å². The average molecular weight is 385 g/mol. The van der Waals surface area contributed by atoms with Crippen molar-refractivity contribution in [2.45, 2.75) is 6.42 Å². The van der Waals surface area contributed by atoms with E-state index in [9.17, 15) is 4.79 Å². The van der Waals surface area contributed by atoms with E-state index in [1.54, 1.807) is 10.7 Å². The monoisotopic (exact) mass is 385 g/mol. The van der Waals surface area contributed by atoms with Gasteiger partial charge in [0.2, 0.25) is 0 Å². The molecule has 2 aliphatic rings. The summed E-state index contributed by atoms with van der Waals surface area (Å²) in [6, 6.07) is 7.42. The van der Waals surface area contributed by atoms with Gasteiger partial charge in [-0.05, 0) is 30.7 Å². The van der Waals surface area contributed by atoms with Gasteiger partial charge in [-0.15, -0.1) is 0 Å². The van der Waals surface area contributed by atoms with Gasteiger partial charge in [0.1, 0.15) is 6.33 Å². The van der Waals surface area contributed by atoms with Gasteiger partial charge in [-0.3, -0.25) is 9.79 Å². The number of rotatable bonds is 4. The number of allylic oxidation sites excluding steroid dienone is 1. The van der Waals surface area contributed by atoms with E-state index in [0.717, 1.165) is 29.9 Å². The average Bonchev–Trinajstić information content (AvgIpc) is 3.47. The molecule has 5 rings (SSSR count). The van der Waals surface area contributed by atoms with Crippen molar-refractivity contribution in [2.75, 3.05) is 25.0 Å². The Morgan fingerprint density at radius 2 is 2.00 bits per heavy atom. The van der Waals surface area contributed by atoms with Crippen LogP contribution in [0.4, 0.5) is 11.5 Å². The van der Waals surface area contributed by atoms with Gasteiger partial charge < -0.3 is 10.2 Å². The molecule has 8 nitrogen and oxygen atoms in total. The van der Waals surface area contributed by atoms with Crippen molar-refractivity contribution in [1.82, 2.24) is 24.5 Å². The van der Waals surface area contributed by atoms with E-state index in [4.69, 9.17) is 0 Å². The zero-order valence-electron chi connectivity index (χ0n) is 15.7. The second kappa shape index (κ2) is 7.31. The molecule has 0 bridgehead atoms. The van der Waals surface area contributed by atoms with E-state index in [1.165, 1.54) is 6.33 Å². The summed E-state index contributed by atoms with van der Waals surface area (Å²) in [7, 11) is 0. The standard InChI is InChI=1S/C21H19N7O/c29-21(27-10-2-1-3-11-27)15-4-6-17(7-5-15)26-19-20-24-14-25-28(20)18(13-23-19)16-8-9-22-12-16/h1-2,4-8,12-14H,3,9-11H2,(H,23,26). The smallest absolute Gasteiger partial charge is 0.254 e. The first kappa shape index (κ1) is 17.3. The maximum Gasteiger partial charge on any atom is 0.254 e. The summed E-state index contributed by atoms with van der Waals surface area (Å²) in [5, 5.41) is 7.59. The third-order valence-electron chi connectivity index (χ3n) is 4.99. The van der Waals surface area contributed by atoms with Crippen LogP contribution in [0.3, 0.4) is 0 Å². The molecule has 2 aromatic heterocycles. The number of carbonyl (C=O) groups is 1. The summed E-state index contributed by atoms with van der Waals surface area (Å²) in [6.45, 7) is 2.10. The normalized spacial score (nSPS) is 15.7.